The lowest BCUT2D eigenvalue weighted by atomic mass is 9.50. The van der Waals surface area contributed by atoms with Gasteiger partial charge in [-0.05, 0) is 99.2 Å². The quantitative estimate of drug-likeness (QED) is 0.102. The number of fused-ring (bicyclic) bond motifs is 7. The van der Waals surface area contributed by atoms with Crippen LogP contribution in [0.15, 0.2) is 11.6 Å². The smallest absolute Gasteiger partial charge is 0.187 e. The van der Waals surface area contributed by atoms with Gasteiger partial charge in [0.05, 0.1) is 38.1 Å². The van der Waals surface area contributed by atoms with E-state index in [1.165, 1.54) is 12.5 Å². The van der Waals surface area contributed by atoms with Crippen LogP contribution in [0.25, 0.3) is 0 Å². The Morgan fingerprint density at radius 1 is 0.742 bits per heavy atom. The third-order valence-electron chi connectivity index (χ3n) is 16.8. The fraction of sp³-hybridized carbons (Fsp3) is 0.955. The second-order valence-corrected chi connectivity index (χ2v) is 20.3. The molecule has 4 saturated heterocycles. The lowest BCUT2D eigenvalue weighted by molar-refractivity contribution is -0.369. The summed E-state index contributed by atoms with van der Waals surface area (Å²) in [5, 5.41) is 115. The second kappa shape index (κ2) is 18.6. The molecule has 0 aromatic rings. The monoisotopic (exact) mass is 888 g/mol. The molecule has 356 valence electrons. The second-order valence-electron chi connectivity index (χ2n) is 20.3. The highest BCUT2D eigenvalue weighted by molar-refractivity contribution is 5.25. The average molecular weight is 889 g/mol. The van der Waals surface area contributed by atoms with Crippen molar-refractivity contribution in [1.29, 1.82) is 0 Å². The summed E-state index contributed by atoms with van der Waals surface area (Å²) in [6.07, 6.45) is -11.3. The minimum absolute atomic E-state index is 0.0364. The predicted octanol–water partition coefficient (Wildman–Crippen LogP) is -1.22. The Kier molecular flexibility index (Phi) is 14.3. The van der Waals surface area contributed by atoms with E-state index in [0.29, 0.717) is 49.4 Å². The van der Waals surface area contributed by atoms with Crippen LogP contribution in [0.1, 0.15) is 85.5 Å². The third-order valence-corrected chi connectivity index (χ3v) is 16.8. The van der Waals surface area contributed by atoms with Crippen LogP contribution in [0.4, 0.5) is 0 Å². The molecule has 4 aliphatic carbocycles. The number of allylic oxidation sites excluding steroid dienone is 1. The summed E-state index contributed by atoms with van der Waals surface area (Å²) in [5.74, 6) is 0.718. The first-order valence-corrected chi connectivity index (χ1v) is 23.1. The van der Waals surface area contributed by atoms with Gasteiger partial charge in [-0.2, -0.15) is 0 Å². The molecule has 62 heavy (non-hydrogen) atoms. The standard InChI is InChI=1S/C44H72O18/c1-18(17-56-40-37(53)35(51)32(48)28(15-45)59-40)9-12-44(55)19(2)30-24-7-8-26-23(25(24)14-27(30)62-44)6-5-21-13-22(10-11-43(21,26)4)58-42-39(36(52)33(49)29(16-46)60-42)61-41-38(54)34(50)31(47)20(3)57-41/h5,18-20,22-42,45-55H,6-17H2,1-4H3. The average Bonchev–Trinajstić information content (AvgIpc) is 3.74. The molecule has 18 heteroatoms. The Hall–Kier alpha value is -0.980. The van der Waals surface area contributed by atoms with Gasteiger partial charge in [-0.1, -0.05) is 32.4 Å². The fourth-order valence-electron chi connectivity index (χ4n) is 13.0. The molecule has 0 spiro atoms. The number of ether oxygens (including phenoxy) is 7. The Labute approximate surface area is 362 Å². The van der Waals surface area contributed by atoms with Crippen LogP contribution >= 0.6 is 0 Å². The van der Waals surface area contributed by atoms with Gasteiger partial charge in [0, 0.05) is 12.3 Å². The maximum Gasteiger partial charge on any atom is 0.187 e. The van der Waals surface area contributed by atoms with Gasteiger partial charge in [0.1, 0.15) is 67.1 Å². The van der Waals surface area contributed by atoms with Crippen LogP contribution in [0, 0.1) is 46.8 Å². The van der Waals surface area contributed by atoms with Crippen LogP contribution in [0.5, 0.6) is 0 Å². The van der Waals surface area contributed by atoms with E-state index in [9.17, 15) is 56.2 Å². The molecule has 26 atom stereocenters. The van der Waals surface area contributed by atoms with Crippen molar-refractivity contribution in [3.63, 3.8) is 0 Å². The first kappa shape index (κ1) is 47.5. The molecule has 0 radical (unpaired) electrons. The first-order valence-electron chi connectivity index (χ1n) is 23.1. The van der Waals surface area contributed by atoms with Crippen molar-refractivity contribution in [2.45, 2.75) is 196 Å². The van der Waals surface area contributed by atoms with Crippen molar-refractivity contribution >= 4 is 0 Å². The molecule has 8 aliphatic rings. The van der Waals surface area contributed by atoms with Gasteiger partial charge in [-0.15, -0.1) is 0 Å². The number of hydrogen-bond acceptors (Lipinski definition) is 18. The van der Waals surface area contributed by atoms with Crippen LogP contribution in [-0.2, 0) is 33.2 Å². The summed E-state index contributed by atoms with van der Waals surface area (Å²) in [4.78, 5) is 0. The van der Waals surface area contributed by atoms with E-state index in [-0.39, 0.29) is 42.0 Å². The molecule has 26 unspecified atom stereocenters. The summed E-state index contributed by atoms with van der Waals surface area (Å²) < 4.78 is 41.9. The van der Waals surface area contributed by atoms with Crippen molar-refractivity contribution in [3.8, 4) is 0 Å². The Bertz CT molecular complexity index is 1550. The van der Waals surface area contributed by atoms with E-state index < -0.39 is 111 Å². The summed E-state index contributed by atoms with van der Waals surface area (Å²) in [5.41, 5.74) is 1.27. The van der Waals surface area contributed by atoms with Crippen molar-refractivity contribution in [2.75, 3.05) is 19.8 Å². The molecular formula is C44H72O18. The number of aliphatic hydroxyl groups is 11. The lowest BCUT2D eigenvalue weighted by Crippen LogP contribution is -2.64. The van der Waals surface area contributed by atoms with Gasteiger partial charge in [-0.3, -0.25) is 0 Å². The maximum atomic E-state index is 11.9. The number of rotatable bonds is 12. The molecular weight excluding hydrogens is 816 g/mol. The highest BCUT2D eigenvalue weighted by atomic mass is 16.8. The zero-order chi connectivity index (χ0) is 44.6. The molecule has 11 N–H and O–H groups in total. The van der Waals surface area contributed by atoms with Crippen LogP contribution in [-0.4, -0.2) is 186 Å². The van der Waals surface area contributed by atoms with E-state index in [2.05, 4.69) is 19.9 Å². The summed E-state index contributed by atoms with van der Waals surface area (Å²) in [6, 6.07) is 0. The number of aliphatic hydroxyl groups excluding tert-OH is 10. The van der Waals surface area contributed by atoms with Gasteiger partial charge >= 0.3 is 0 Å². The van der Waals surface area contributed by atoms with Crippen molar-refractivity contribution in [2.24, 2.45) is 46.8 Å². The van der Waals surface area contributed by atoms with E-state index >= 15 is 0 Å². The van der Waals surface area contributed by atoms with Gasteiger partial charge in [0.15, 0.2) is 24.7 Å². The molecule has 8 rings (SSSR count). The molecule has 3 saturated carbocycles. The summed E-state index contributed by atoms with van der Waals surface area (Å²) in [6.45, 7) is 7.03. The zero-order valence-electron chi connectivity index (χ0n) is 36.2. The Morgan fingerprint density at radius 2 is 1.40 bits per heavy atom. The highest BCUT2D eigenvalue weighted by Gasteiger charge is 2.63. The minimum atomic E-state index is -1.65. The van der Waals surface area contributed by atoms with Gasteiger partial charge in [0.2, 0.25) is 0 Å². The Morgan fingerprint density at radius 3 is 2.11 bits per heavy atom. The zero-order valence-corrected chi connectivity index (χ0v) is 36.2. The molecule has 0 amide bonds. The van der Waals surface area contributed by atoms with Gasteiger partial charge in [0.25, 0.3) is 0 Å². The summed E-state index contributed by atoms with van der Waals surface area (Å²) in [7, 11) is 0. The molecule has 4 heterocycles. The van der Waals surface area contributed by atoms with E-state index in [1.807, 2.05) is 6.92 Å². The van der Waals surface area contributed by atoms with Gasteiger partial charge in [-0.25, -0.2) is 0 Å². The van der Waals surface area contributed by atoms with Gasteiger partial charge < -0.3 is 89.3 Å². The van der Waals surface area contributed by atoms with E-state index in [0.717, 1.165) is 32.1 Å². The maximum absolute atomic E-state index is 11.9. The molecule has 0 aromatic heterocycles. The SMILES string of the molecule is CC(CCC1(O)OC2CC3C(CCC4C3CC=C3CC(OC5OC(CO)C(O)C(O)C5OC5OC(C)C(O)C(O)C5O)CCC34C)C2C1C)COC1OC(CO)C(O)C(O)C1O. The highest BCUT2D eigenvalue weighted by Crippen LogP contribution is 2.65. The molecule has 0 bridgehead atoms. The molecule has 7 fully saturated rings. The van der Waals surface area contributed by atoms with Crippen LogP contribution < -0.4 is 0 Å². The first-order chi connectivity index (χ1) is 29.4. The summed E-state index contributed by atoms with van der Waals surface area (Å²) >= 11 is 0. The largest absolute Gasteiger partial charge is 0.394 e. The minimum Gasteiger partial charge on any atom is -0.394 e. The fourth-order valence-corrected chi connectivity index (χ4v) is 13.0. The van der Waals surface area contributed by atoms with Crippen molar-refractivity contribution < 1.29 is 89.3 Å². The van der Waals surface area contributed by atoms with E-state index in [1.54, 1.807) is 0 Å². The topological polar surface area (TPSA) is 287 Å². The van der Waals surface area contributed by atoms with Crippen LogP contribution in [0.3, 0.4) is 0 Å². The van der Waals surface area contributed by atoms with Crippen molar-refractivity contribution in [1.82, 2.24) is 0 Å². The normalized spacial score (nSPS) is 54.5. The number of hydrogen-bond donors (Lipinski definition) is 11. The van der Waals surface area contributed by atoms with Crippen molar-refractivity contribution in [3.05, 3.63) is 11.6 Å². The predicted molar refractivity (Wildman–Crippen MR) is 213 cm³/mol. The Balaban J connectivity index is 0.868. The third kappa shape index (κ3) is 8.49. The lowest BCUT2D eigenvalue weighted by Gasteiger charge is -2.56. The molecule has 4 aliphatic heterocycles. The molecule has 0 aromatic carbocycles. The molecule has 18 nitrogen and oxygen atoms in total. The van der Waals surface area contributed by atoms with Crippen LogP contribution in [0.2, 0.25) is 0 Å². The van der Waals surface area contributed by atoms with E-state index in [4.69, 9.17) is 33.2 Å².